The Morgan fingerprint density at radius 1 is 1.13 bits per heavy atom. The minimum Gasteiger partial charge on any atom is -0.497 e. The number of carboxylic acids is 1. The van der Waals surface area contributed by atoms with Crippen LogP contribution in [0, 0.1) is 0 Å². The third-order valence-electron chi connectivity index (χ3n) is 3.57. The van der Waals surface area contributed by atoms with Crippen LogP contribution in [0.15, 0.2) is 52.9 Å². The molecule has 116 valence electrons. The number of carbonyl (C=O) groups excluding carboxylic acids is 1. The zero-order valence-electron chi connectivity index (χ0n) is 12.4. The summed E-state index contributed by atoms with van der Waals surface area (Å²) in [6.07, 6.45) is -0.298. The second-order valence-electron chi connectivity index (χ2n) is 5.04. The number of benzene rings is 2. The van der Waals surface area contributed by atoms with Gasteiger partial charge < -0.3 is 14.3 Å². The van der Waals surface area contributed by atoms with E-state index in [1.54, 1.807) is 48.5 Å². The second-order valence-corrected chi connectivity index (χ2v) is 5.04. The summed E-state index contributed by atoms with van der Waals surface area (Å²) < 4.78 is 10.8. The Labute approximate surface area is 132 Å². The van der Waals surface area contributed by atoms with Crippen molar-refractivity contribution in [2.45, 2.75) is 6.42 Å². The predicted octanol–water partition coefficient (Wildman–Crippen LogP) is 3.30. The van der Waals surface area contributed by atoms with Gasteiger partial charge >= 0.3 is 5.97 Å². The van der Waals surface area contributed by atoms with E-state index in [-0.39, 0.29) is 18.0 Å². The molecule has 0 saturated heterocycles. The highest BCUT2D eigenvalue weighted by Gasteiger charge is 2.23. The minimum atomic E-state index is -1.03. The van der Waals surface area contributed by atoms with Crippen molar-refractivity contribution in [1.29, 1.82) is 0 Å². The van der Waals surface area contributed by atoms with Crippen LogP contribution in [0.4, 0.5) is 0 Å². The maximum absolute atomic E-state index is 12.7. The lowest BCUT2D eigenvalue weighted by atomic mass is 10.0. The third kappa shape index (κ3) is 2.81. The Balaban J connectivity index is 2.19. The average Bonchev–Trinajstić information content (AvgIpc) is 2.92. The normalized spacial score (nSPS) is 10.7. The molecule has 5 nitrogen and oxygen atoms in total. The van der Waals surface area contributed by atoms with E-state index in [9.17, 15) is 9.59 Å². The van der Waals surface area contributed by atoms with Crippen molar-refractivity contribution in [3.05, 3.63) is 65.4 Å². The number of methoxy groups -OCH3 is 1. The van der Waals surface area contributed by atoms with E-state index in [0.29, 0.717) is 27.8 Å². The number of furan rings is 1. The molecule has 2 aromatic carbocycles. The van der Waals surface area contributed by atoms with Gasteiger partial charge in [-0.1, -0.05) is 30.3 Å². The molecule has 0 saturated carbocycles. The Bertz CT molecular complexity index is 877. The predicted molar refractivity (Wildman–Crippen MR) is 84.0 cm³/mol. The highest BCUT2D eigenvalue weighted by atomic mass is 16.5. The molecule has 0 bridgehead atoms. The Kier molecular flexibility index (Phi) is 3.85. The number of carboxylic acid groups (broad SMARTS) is 1. The van der Waals surface area contributed by atoms with Gasteiger partial charge in [0.1, 0.15) is 11.3 Å². The van der Waals surface area contributed by atoms with E-state index < -0.39 is 5.97 Å². The lowest BCUT2D eigenvalue weighted by Crippen LogP contribution is -2.07. The molecule has 23 heavy (non-hydrogen) atoms. The number of hydrogen-bond donors (Lipinski definition) is 1. The summed E-state index contributed by atoms with van der Waals surface area (Å²) in [5.41, 5.74) is 1.27. The average molecular weight is 310 g/mol. The number of aliphatic carboxylic acids is 1. The Morgan fingerprint density at radius 2 is 1.87 bits per heavy atom. The SMILES string of the molecule is COc1ccc2oc(C(=O)c3ccccc3)c(CC(=O)O)c2c1. The maximum Gasteiger partial charge on any atom is 0.307 e. The molecule has 0 aliphatic carbocycles. The van der Waals surface area contributed by atoms with Crippen molar-refractivity contribution in [2.24, 2.45) is 0 Å². The molecule has 0 aliphatic rings. The Hall–Kier alpha value is -3.08. The summed E-state index contributed by atoms with van der Waals surface area (Å²) in [7, 11) is 1.52. The molecule has 0 unspecified atom stereocenters. The van der Waals surface area contributed by atoms with Crippen molar-refractivity contribution in [1.82, 2.24) is 0 Å². The fraction of sp³-hybridized carbons (Fsp3) is 0.111. The molecule has 0 fully saturated rings. The van der Waals surface area contributed by atoms with Crippen LogP contribution in [0.5, 0.6) is 5.75 Å². The molecule has 3 aromatic rings. The van der Waals surface area contributed by atoms with Crippen molar-refractivity contribution in [3.8, 4) is 5.75 Å². The summed E-state index contributed by atoms with van der Waals surface area (Å²) in [5.74, 6) is -0.736. The topological polar surface area (TPSA) is 76.7 Å². The first-order chi connectivity index (χ1) is 11.1. The van der Waals surface area contributed by atoms with Gasteiger partial charge in [-0.3, -0.25) is 9.59 Å². The van der Waals surface area contributed by atoms with Gasteiger partial charge in [-0.25, -0.2) is 0 Å². The molecule has 0 spiro atoms. The van der Waals surface area contributed by atoms with Gasteiger partial charge in [-0.05, 0) is 18.2 Å². The summed E-state index contributed by atoms with van der Waals surface area (Å²) in [5, 5.41) is 9.74. The molecule has 0 amide bonds. The van der Waals surface area contributed by atoms with Gasteiger partial charge in [0.25, 0.3) is 0 Å². The first-order valence-corrected chi connectivity index (χ1v) is 7.01. The van der Waals surface area contributed by atoms with Crippen LogP contribution in [0.3, 0.4) is 0 Å². The number of hydrogen-bond acceptors (Lipinski definition) is 4. The largest absolute Gasteiger partial charge is 0.497 e. The van der Waals surface area contributed by atoms with Crippen LogP contribution in [0.25, 0.3) is 11.0 Å². The van der Waals surface area contributed by atoms with Crippen LogP contribution < -0.4 is 4.74 Å². The fourth-order valence-corrected chi connectivity index (χ4v) is 2.49. The minimum absolute atomic E-state index is 0.0573. The van der Waals surface area contributed by atoms with Gasteiger partial charge in [0.2, 0.25) is 5.78 Å². The molecule has 5 heteroatoms. The standard InChI is InChI=1S/C18H14O5/c1-22-12-7-8-15-13(9-12)14(10-16(19)20)18(23-15)17(21)11-5-3-2-4-6-11/h2-9H,10H2,1H3,(H,19,20). The number of rotatable bonds is 5. The first-order valence-electron chi connectivity index (χ1n) is 7.01. The highest BCUT2D eigenvalue weighted by molar-refractivity contribution is 6.11. The first kappa shape index (κ1) is 14.8. The van der Waals surface area contributed by atoms with E-state index in [4.69, 9.17) is 14.3 Å². The van der Waals surface area contributed by atoms with Crippen LogP contribution in [0.1, 0.15) is 21.7 Å². The monoisotopic (exact) mass is 310 g/mol. The van der Waals surface area contributed by atoms with Crippen LogP contribution in [-0.4, -0.2) is 24.0 Å². The van der Waals surface area contributed by atoms with Gasteiger partial charge in [0.05, 0.1) is 13.5 Å². The number of ketones is 1. The zero-order valence-corrected chi connectivity index (χ0v) is 12.4. The Morgan fingerprint density at radius 3 is 2.52 bits per heavy atom. The van der Waals surface area contributed by atoms with Crippen LogP contribution in [0.2, 0.25) is 0 Å². The number of fused-ring (bicyclic) bond motifs is 1. The number of ether oxygens (including phenoxy) is 1. The van der Waals surface area contributed by atoms with Crippen molar-refractivity contribution >= 4 is 22.7 Å². The fourth-order valence-electron chi connectivity index (χ4n) is 2.49. The van der Waals surface area contributed by atoms with Crippen molar-refractivity contribution < 1.29 is 23.8 Å². The molecular weight excluding hydrogens is 296 g/mol. The van der Waals surface area contributed by atoms with E-state index in [0.717, 1.165) is 0 Å². The van der Waals surface area contributed by atoms with Gasteiger partial charge in [-0.2, -0.15) is 0 Å². The van der Waals surface area contributed by atoms with E-state index in [2.05, 4.69) is 0 Å². The van der Waals surface area contributed by atoms with E-state index >= 15 is 0 Å². The van der Waals surface area contributed by atoms with Gasteiger partial charge in [-0.15, -0.1) is 0 Å². The summed E-state index contributed by atoms with van der Waals surface area (Å²) in [4.78, 5) is 23.8. The molecule has 0 radical (unpaired) electrons. The smallest absolute Gasteiger partial charge is 0.307 e. The summed E-state index contributed by atoms with van der Waals surface area (Å²) in [6.45, 7) is 0. The molecule has 1 N–H and O–H groups in total. The highest BCUT2D eigenvalue weighted by Crippen LogP contribution is 2.31. The molecule has 1 heterocycles. The zero-order chi connectivity index (χ0) is 16.4. The second kappa shape index (κ2) is 5.96. The van der Waals surface area contributed by atoms with Crippen LogP contribution in [-0.2, 0) is 11.2 Å². The lowest BCUT2D eigenvalue weighted by molar-refractivity contribution is -0.136. The van der Waals surface area contributed by atoms with E-state index in [1.807, 2.05) is 0 Å². The summed E-state index contributed by atoms with van der Waals surface area (Å²) >= 11 is 0. The van der Waals surface area contributed by atoms with Gasteiger partial charge in [0.15, 0.2) is 5.76 Å². The van der Waals surface area contributed by atoms with Crippen LogP contribution >= 0.6 is 0 Å². The lowest BCUT2D eigenvalue weighted by Gasteiger charge is -2.01. The molecule has 3 rings (SSSR count). The molecule has 1 aromatic heterocycles. The molecule has 0 aliphatic heterocycles. The van der Waals surface area contributed by atoms with Crippen molar-refractivity contribution in [2.75, 3.05) is 7.11 Å². The molecule has 0 atom stereocenters. The number of carbonyl (C=O) groups is 2. The quantitative estimate of drug-likeness (QED) is 0.732. The molecular formula is C18H14O5. The van der Waals surface area contributed by atoms with Crippen molar-refractivity contribution in [3.63, 3.8) is 0 Å². The van der Waals surface area contributed by atoms with Gasteiger partial charge in [0, 0.05) is 16.5 Å². The third-order valence-corrected chi connectivity index (χ3v) is 3.57. The maximum atomic E-state index is 12.7. The summed E-state index contributed by atoms with van der Waals surface area (Å²) in [6, 6.07) is 13.7. The van der Waals surface area contributed by atoms with E-state index in [1.165, 1.54) is 7.11 Å².